The molecule has 0 saturated heterocycles. The predicted molar refractivity (Wildman–Crippen MR) is 103 cm³/mol. The molecule has 27 heavy (non-hydrogen) atoms. The Morgan fingerprint density at radius 1 is 1.26 bits per heavy atom. The Bertz CT molecular complexity index is 906. The molecule has 2 aromatic carbocycles. The largest absolute Gasteiger partial charge is 0.492 e. The number of ether oxygens (including phenoxy) is 3. The van der Waals surface area contributed by atoms with E-state index in [0.717, 1.165) is 35.4 Å². The van der Waals surface area contributed by atoms with Crippen LogP contribution in [0.2, 0.25) is 0 Å². The minimum atomic E-state index is -0.0496. The standard InChI is InChI=1S/C22H25NO4/c1-13-5-6-16(14(2)9-13)18(24)11-17-20-15(7-8-23(17)3)10-19-21(22(20)25-4)27-12-26-19/h5-6,9-10,17H,7-8,11-12H2,1-4H3/t17-/m0/s1. The van der Waals surface area contributed by atoms with Gasteiger partial charge >= 0.3 is 0 Å². The topological polar surface area (TPSA) is 48.0 Å². The molecule has 5 heteroatoms. The van der Waals surface area contributed by atoms with Gasteiger partial charge in [0, 0.05) is 30.1 Å². The van der Waals surface area contributed by atoms with Gasteiger partial charge in [-0.25, -0.2) is 0 Å². The molecule has 0 amide bonds. The van der Waals surface area contributed by atoms with E-state index < -0.39 is 0 Å². The molecule has 2 aliphatic heterocycles. The van der Waals surface area contributed by atoms with Crippen molar-refractivity contribution in [2.24, 2.45) is 0 Å². The van der Waals surface area contributed by atoms with Gasteiger partial charge in [0.1, 0.15) is 0 Å². The lowest BCUT2D eigenvalue weighted by molar-refractivity contribution is 0.0925. The van der Waals surface area contributed by atoms with Crippen LogP contribution in [0.3, 0.4) is 0 Å². The molecule has 4 rings (SSSR count). The number of hydrogen-bond acceptors (Lipinski definition) is 5. The second-order valence-corrected chi connectivity index (χ2v) is 7.41. The van der Waals surface area contributed by atoms with Crippen LogP contribution < -0.4 is 14.2 Å². The van der Waals surface area contributed by atoms with E-state index in [1.807, 2.05) is 32.0 Å². The maximum atomic E-state index is 13.1. The Morgan fingerprint density at radius 2 is 2.07 bits per heavy atom. The van der Waals surface area contributed by atoms with Gasteiger partial charge in [0.2, 0.25) is 12.5 Å². The van der Waals surface area contributed by atoms with Crippen LogP contribution in [0.25, 0.3) is 0 Å². The molecule has 0 N–H and O–H groups in total. The van der Waals surface area contributed by atoms with Crippen molar-refractivity contribution in [3.8, 4) is 17.2 Å². The summed E-state index contributed by atoms with van der Waals surface area (Å²) in [5.74, 6) is 2.23. The normalized spacial score (nSPS) is 18.3. The van der Waals surface area contributed by atoms with Crippen molar-refractivity contribution in [3.05, 3.63) is 52.1 Å². The number of benzene rings is 2. The van der Waals surface area contributed by atoms with Gasteiger partial charge < -0.3 is 14.2 Å². The number of ketones is 1. The highest BCUT2D eigenvalue weighted by Gasteiger charge is 2.35. The van der Waals surface area contributed by atoms with Crippen molar-refractivity contribution >= 4 is 5.78 Å². The van der Waals surface area contributed by atoms with E-state index in [0.29, 0.717) is 17.9 Å². The van der Waals surface area contributed by atoms with Crippen molar-refractivity contribution in [1.82, 2.24) is 4.90 Å². The van der Waals surface area contributed by atoms with E-state index >= 15 is 0 Å². The zero-order chi connectivity index (χ0) is 19.1. The van der Waals surface area contributed by atoms with Crippen LogP contribution in [0.15, 0.2) is 24.3 Å². The number of rotatable bonds is 4. The lowest BCUT2D eigenvalue weighted by Crippen LogP contribution is -2.34. The molecule has 0 bridgehead atoms. The van der Waals surface area contributed by atoms with Crippen molar-refractivity contribution in [1.29, 1.82) is 0 Å². The van der Waals surface area contributed by atoms with Crippen LogP contribution in [0.5, 0.6) is 17.2 Å². The van der Waals surface area contributed by atoms with Crippen LogP contribution in [0, 0.1) is 13.8 Å². The lowest BCUT2D eigenvalue weighted by Gasteiger charge is -2.35. The van der Waals surface area contributed by atoms with Gasteiger partial charge in [0.05, 0.1) is 7.11 Å². The molecule has 142 valence electrons. The quantitative estimate of drug-likeness (QED) is 0.769. The van der Waals surface area contributed by atoms with Gasteiger partial charge in [-0.2, -0.15) is 0 Å². The summed E-state index contributed by atoms with van der Waals surface area (Å²) in [7, 11) is 3.71. The maximum absolute atomic E-state index is 13.1. The third-order valence-corrected chi connectivity index (χ3v) is 5.61. The monoisotopic (exact) mass is 367 g/mol. The van der Waals surface area contributed by atoms with Gasteiger partial charge in [-0.15, -0.1) is 0 Å². The van der Waals surface area contributed by atoms with E-state index in [1.54, 1.807) is 7.11 Å². The predicted octanol–water partition coefficient (Wildman–Crippen LogP) is 3.84. The Kier molecular flexibility index (Phi) is 4.56. The zero-order valence-electron chi connectivity index (χ0n) is 16.3. The van der Waals surface area contributed by atoms with Gasteiger partial charge in [-0.05, 0) is 44.5 Å². The summed E-state index contributed by atoms with van der Waals surface area (Å²) in [6.45, 7) is 5.13. The SMILES string of the molecule is COc1c2c(cc3c1[C@H](CC(=O)c1ccc(C)cc1C)N(C)CC3)OCO2. The molecule has 1 atom stereocenters. The minimum Gasteiger partial charge on any atom is -0.492 e. The van der Waals surface area contributed by atoms with Gasteiger partial charge in [0.15, 0.2) is 17.3 Å². The number of carbonyl (C=O) groups excluding carboxylic acids is 1. The van der Waals surface area contributed by atoms with E-state index in [-0.39, 0.29) is 18.6 Å². The third kappa shape index (κ3) is 3.06. The number of Topliss-reactive ketones (excluding diaryl/α,β-unsaturated/α-hetero) is 1. The van der Waals surface area contributed by atoms with E-state index in [9.17, 15) is 4.79 Å². The van der Waals surface area contributed by atoms with E-state index in [1.165, 1.54) is 11.1 Å². The summed E-state index contributed by atoms with van der Waals surface area (Å²) in [4.78, 5) is 15.3. The fourth-order valence-electron chi connectivity index (χ4n) is 4.20. The molecule has 0 unspecified atom stereocenters. The van der Waals surface area contributed by atoms with Crippen molar-refractivity contribution in [3.63, 3.8) is 0 Å². The molecule has 0 aromatic heterocycles. The number of methoxy groups -OCH3 is 1. The summed E-state index contributed by atoms with van der Waals surface area (Å²) in [5, 5.41) is 0. The second kappa shape index (κ2) is 6.89. The van der Waals surface area contributed by atoms with Crippen molar-refractivity contribution < 1.29 is 19.0 Å². The molecule has 0 fully saturated rings. The van der Waals surface area contributed by atoms with Crippen LogP contribution in [-0.4, -0.2) is 38.2 Å². The molecule has 2 aliphatic rings. The minimum absolute atomic E-state index is 0.0496. The van der Waals surface area contributed by atoms with E-state index in [4.69, 9.17) is 14.2 Å². The summed E-state index contributed by atoms with van der Waals surface area (Å²) in [5.41, 5.74) is 5.21. The highest BCUT2D eigenvalue weighted by molar-refractivity contribution is 5.98. The first-order chi connectivity index (χ1) is 13.0. The summed E-state index contributed by atoms with van der Waals surface area (Å²) < 4.78 is 16.9. The summed E-state index contributed by atoms with van der Waals surface area (Å²) >= 11 is 0. The molecule has 0 aliphatic carbocycles. The number of fused-ring (bicyclic) bond motifs is 2. The molecule has 0 saturated carbocycles. The number of hydrogen-bond donors (Lipinski definition) is 0. The molecular weight excluding hydrogens is 342 g/mol. The van der Waals surface area contributed by atoms with Crippen molar-refractivity contribution in [2.45, 2.75) is 32.7 Å². The highest BCUT2D eigenvalue weighted by Crippen LogP contribution is 2.50. The average Bonchev–Trinajstić information content (AvgIpc) is 3.10. The first-order valence-corrected chi connectivity index (χ1v) is 9.29. The van der Waals surface area contributed by atoms with Crippen LogP contribution >= 0.6 is 0 Å². The molecule has 0 spiro atoms. The second-order valence-electron chi connectivity index (χ2n) is 7.41. The Balaban J connectivity index is 1.73. The summed E-state index contributed by atoms with van der Waals surface area (Å²) in [6, 6.07) is 7.99. The van der Waals surface area contributed by atoms with Gasteiger partial charge in [-0.3, -0.25) is 9.69 Å². The highest BCUT2D eigenvalue weighted by atomic mass is 16.7. The fourth-order valence-corrected chi connectivity index (χ4v) is 4.20. The van der Waals surface area contributed by atoms with Gasteiger partial charge in [0.25, 0.3) is 0 Å². The molecule has 2 aromatic rings. The third-order valence-electron chi connectivity index (χ3n) is 5.61. The number of aryl methyl sites for hydroxylation is 2. The Morgan fingerprint density at radius 3 is 2.81 bits per heavy atom. The van der Waals surface area contributed by atoms with Crippen LogP contribution in [0.1, 0.15) is 45.1 Å². The Hall–Kier alpha value is -2.53. The summed E-state index contributed by atoms with van der Waals surface area (Å²) in [6.07, 6.45) is 1.30. The fraction of sp³-hybridized carbons (Fsp3) is 0.409. The number of likely N-dealkylation sites (N-methyl/N-ethyl adjacent to an activating group) is 1. The zero-order valence-corrected chi connectivity index (χ0v) is 16.3. The van der Waals surface area contributed by atoms with Crippen LogP contribution in [-0.2, 0) is 6.42 Å². The average molecular weight is 367 g/mol. The number of carbonyl (C=O) groups is 1. The first kappa shape index (κ1) is 17.9. The smallest absolute Gasteiger partial charge is 0.231 e. The molecular formula is C22H25NO4. The molecule has 5 nitrogen and oxygen atoms in total. The molecule has 0 radical (unpaired) electrons. The molecule has 2 heterocycles. The van der Waals surface area contributed by atoms with E-state index in [2.05, 4.69) is 18.0 Å². The van der Waals surface area contributed by atoms with Crippen LogP contribution in [0.4, 0.5) is 0 Å². The first-order valence-electron chi connectivity index (χ1n) is 9.29. The maximum Gasteiger partial charge on any atom is 0.231 e. The number of nitrogens with zero attached hydrogens (tertiary/aromatic N) is 1. The lowest BCUT2D eigenvalue weighted by atomic mass is 9.87. The Labute approximate surface area is 159 Å². The van der Waals surface area contributed by atoms with Gasteiger partial charge in [-0.1, -0.05) is 23.8 Å². The van der Waals surface area contributed by atoms with Crippen molar-refractivity contribution in [2.75, 3.05) is 27.5 Å².